The molecule has 0 spiro atoms. The van der Waals surface area contributed by atoms with E-state index >= 15 is 0 Å². The lowest BCUT2D eigenvalue weighted by Crippen LogP contribution is -2.34. The zero-order valence-corrected chi connectivity index (χ0v) is 14.1. The summed E-state index contributed by atoms with van der Waals surface area (Å²) in [5.41, 5.74) is -0.668. The summed E-state index contributed by atoms with van der Waals surface area (Å²) in [5.74, 6) is -0.865. The van der Waals surface area contributed by atoms with Crippen molar-refractivity contribution in [2.24, 2.45) is 0 Å². The fraction of sp³-hybridized carbons (Fsp3) is 0.222. The minimum Gasteiger partial charge on any atom is -0.336 e. The Morgan fingerprint density at radius 2 is 1.42 bits per heavy atom. The van der Waals surface area contributed by atoms with Crippen LogP contribution in [-0.2, 0) is 6.18 Å². The molecule has 2 rings (SSSR count). The van der Waals surface area contributed by atoms with Crippen molar-refractivity contribution in [3.63, 3.8) is 0 Å². The number of anilines is 2. The van der Waals surface area contributed by atoms with Crippen molar-refractivity contribution in [2.45, 2.75) is 26.1 Å². The van der Waals surface area contributed by atoms with Crippen LogP contribution in [-0.4, -0.2) is 18.0 Å². The van der Waals surface area contributed by atoms with Crippen molar-refractivity contribution in [2.75, 3.05) is 10.6 Å². The Labute approximate surface area is 148 Å². The molecule has 138 valence electrons. The molecule has 0 saturated heterocycles. The maximum absolute atomic E-state index is 13.0. The molecule has 0 fully saturated rings. The molecule has 0 aliphatic heterocycles. The van der Waals surface area contributed by atoms with E-state index < -0.39 is 23.2 Å². The predicted molar refractivity (Wildman–Crippen MR) is 93.1 cm³/mol. The summed E-state index contributed by atoms with van der Waals surface area (Å²) in [5, 5.41) is 7.67. The maximum atomic E-state index is 13.0. The molecule has 0 bridgehead atoms. The van der Waals surface area contributed by atoms with Crippen LogP contribution >= 0.6 is 0 Å². The lowest BCUT2D eigenvalue weighted by molar-refractivity contribution is -0.137. The Kier molecular flexibility index (Phi) is 5.86. The van der Waals surface area contributed by atoms with Gasteiger partial charge in [0.2, 0.25) is 0 Å². The van der Waals surface area contributed by atoms with E-state index in [2.05, 4.69) is 16.0 Å². The minimum atomic E-state index is -4.62. The highest BCUT2D eigenvalue weighted by Crippen LogP contribution is 2.32. The summed E-state index contributed by atoms with van der Waals surface area (Å²) in [7, 11) is 0. The second kappa shape index (κ2) is 7.90. The Morgan fingerprint density at radius 3 is 1.96 bits per heavy atom. The second-order valence-electron chi connectivity index (χ2n) is 5.83. The average Bonchev–Trinajstić information content (AvgIpc) is 2.55. The van der Waals surface area contributed by atoms with Gasteiger partial charge in [-0.05, 0) is 50.2 Å². The van der Waals surface area contributed by atoms with E-state index in [9.17, 15) is 22.8 Å². The van der Waals surface area contributed by atoms with Crippen LogP contribution in [0, 0.1) is 0 Å². The molecule has 2 aromatic rings. The summed E-state index contributed by atoms with van der Waals surface area (Å²) in [4.78, 5) is 23.8. The molecule has 0 unspecified atom stereocenters. The molecule has 0 radical (unpaired) electrons. The Bertz CT molecular complexity index is 787. The molecular weight excluding hydrogens is 347 g/mol. The molecule has 3 N–H and O–H groups in total. The smallest absolute Gasteiger partial charge is 0.336 e. The van der Waals surface area contributed by atoms with Crippen molar-refractivity contribution in [1.29, 1.82) is 0 Å². The van der Waals surface area contributed by atoms with Gasteiger partial charge in [-0.2, -0.15) is 13.2 Å². The number of rotatable bonds is 4. The largest absolute Gasteiger partial charge is 0.417 e. The molecule has 0 saturated carbocycles. The highest BCUT2D eigenvalue weighted by atomic mass is 19.4. The van der Waals surface area contributed by atoms with E-state index in [1.54, 1.807) is 0 Å². The highest BCUT2D eigenvalue weighted by Gasteiger charge is 2.34. The van der Waals surface area contributed by atoms with Crippen LogP contribution in [0.2, 0.25) is 0 Å². The van der Waals surface area contributed by atoms with Crippen molar-refractivity contribution < 1.29 is 22.8 Å². The topological polar surface area (TPSA) is 70.2 Å². The number of benzene rings is 2. The molecule has 0 atom stereocenters. The fourth-order valence-corrected chi connectivity index (χ4v) is 2.19. The summed E-state index contributed by atoms with van der Waals surface area (Å²) in [6.07, 6.45) is -4.62. The third-order valence-corrected chi connectivity index (χ3v) is 3.30. The van der Waals surface area contributed by atoms with Crippen molar-refractivity contribution in [1.82, 2.24) is 5.32 Å². The fourth-order valence-electron chi connectivity index (χ4n) is 2.19. The van der Waals surface area contributed by atoms with Crippen LogP contribution in [0.3, 0.4) is 0 Å². The van der Waals surface area contributed by atoms with Gasteiger partial charge >= 0.3 is 12.2 Å². The summed E-state index contributed by atoms with van der Waals surface area (Å²) in [6, 6.07) is 10.2. The van der Waals surface area contributed by atoms with Gasteiger partial charge in [-0.15, -0.1) is 0 Å². The van der Waals surface area contributed by atoms with E-state index in [0.717, 1.165) is 12.1 Å². The van der Waals surface area contributed by atoms with E-state index in [-0.39, 0.29) is 12.1 Å². The minimum absolute atomic E-state index is 0.0257. The highest BCUT2D eigenvalue weighted by molar-refractivity contribution is 6.05. The van der Waals surface area contributed by atoms with E-state index in [1.165, 1.54) is 36.4 Å². The molecule has 0 heterocycles. The van der Waals surface area contributed by atoms with Gasteiger partial charge in [-0.25, -0.2) is 4.79 Å². The Morgan fingerprint density at radius 1 is 0.885 bits per heavy atom. The Balaban J connectivity index is 2.08. The van der Waals surface area contributed by atoms with Gasteiger partial charge in [0.1, 0.15) is 0 Å². The van der Waals surface area contributed by atoms with Crippen LogP contribution < -0.4 is 16.0 Å². The van der Waals surface area contributed by atoms with E-state index in [4.69, 9.17) is 0 Å². The first-order valence-electron chi connectivity index (χ1n) is 7.82. The van der Waals surface area contributed by atoms with Crippen LogP contribution in [0.15, 0.2) is 48.5 Å². The number of nitrogens with one attached hydrogen (secondary N) is 3. The zero-order valence-electron chi connectivity index (χ0n) is 14.1. The Hall–Kier alpha value is -3.03. The lowest BCUT2D eigenvalue weighted by Gasteiger charge is -2.13. The molecule has 0 aliphatic rings. The maximum Gasteiger partial charge on any atom is 0.417 e. The van der Waals surface area contributed by atoms with Crippen LogP contribution in [0.25, 0.3) is 0 Å². The summed E-state index contributed by atoms with van der Waals surface area (Å²) < 4.78 is 39.0. The molecule has 5 nitrogen and oxygen atoms in total. The van der Waals surface area contributed by atoms with Crippen LogP contribution in [0.1, 0.15) is 29.8 Å². The van der Waals surface area contributed by atoms with Gasteiger partial charge in [0.15, 0.2) is 0 Å². The number of amides is 3. The van der Waals surface area contributed by atoms with Crippen molar-refractivity contribution in [3.05, 3.63) is 59.7 Å². The molecular formula is C18H18F3N3O2. The van der Waals surface area contributed by atoms with E-state index in [1.807, 2.05) is 13.8 Å². The molecule has 26 heavy (non-hydrogen) atoms. The quantitative estimate of drug-likeness (QED) is 0.747. The van der Waals surface area contributed by atoms with E-state index in [0.29, 0.717) is 11.4 Å². The molecule has 0 aromatic heterocycles. The van der Waals surface area contributed by atoms with Gasteiger partial charge in [0.05, 0.1) is 11.1 Å². The number of carbonyl (C=O) groups is 2. The third kappa shape index (κ3) is 5.23. The number of urea groups is 1. The zero-order chi connectivity index (χ0) is 19.3. The molecule has 0 aliphatic carbocycles. The number of carbonyl (C=O) groups excluding carboxylic acids is 2. The van der Waals surface area contributed by atoms with Crippen LogP contribution in [0.4, 0.5) is 29.3 Å². The summed E-state index contributed by atoms with van der Waals surface area (Å²) in [6.45, 7) is 3.63. The monoisotopic (exact) mass is 365 g/mol. The third-order valence-electron chi connectivity index (χ3n) is 3.30. The standard InChI is InChI=1S/C18H18F3N3O2/c1-11(2)22-17(26)24-13-9-7-12(8-10-13)23-16(25)14-5-3-4-6-15(14)18(19,20)21/h3-11H,1-2H3,(H,23,25)(H2,22,24,26). The molecule has 8 heteroatoms. The van der Waals surface area contributed by atoms with Crippen molar-refractivity contribution in [3.8, 4) is 0 Å². The molecule has 3 amide bonds. The van der Waals surface area contributed by atoms with Gasteiger partial charge in [0.25, 0.3) is 5.91 Å². The number of alkyl halides is 3. The van der Waals surface area contributed by atoms with Gasteiger partial charge in [-0.1, -0.05) is 12.1 Å². The second-order valence-corrected chi connectivity index (χ2v) is 5.83. The van der Waals surface area contributed by atoms with Crippen molar-refractivity contribution >= 4 is 23.3 Å². The predicted octanol–water partition coefficient (Wildman–Crippen LogP) is 4.49. The van der Waals surface area contributed by atoms with Crippen LogP contribution in [0.5, 0.6) is 0 Å². The number of hydrogen-bond donors (Lipinski definition) is 3. The molecule has 2 aromatic carbocycles. The first kappa shape index (κ1) is 19.3. The normalized spacial score (nSPS) is 11.2. The number of hydrogen-bond acceptors (Lipinski definition) is 2. The average molecular weight is 365 g/mol. The number of halogens is 3. The van der Waals surface area contributed by atoms with Gasteiger partial charge < -0.3 is 16.0 Å². The SMILES string of the molecule is CC(C)NC(=O)Nc1ccc(NC(=O)c2ccccc2C(F)(F)F)cc1. The first-order valence-corrected chi connectivity index (χ1v) is 7.82. The lowest BCUT2D eigenvalue weighted by atomic mass is 10.1. The summed E-state index contributed by atoms with van der Waals surface area (Å²) >= 11 is 0. The van der Waals surface area contributed by atoms with Gasteiger partial charge in [0, 0.05) is 17.4 Å². The van der Waals surface area contributed by atoms with Gasteiger partial charge in [-0.3, -0.25) is 4.79 Å². The first-order chi connectivity index (χ1) is 12.2.